The van der Waals surface area contributed by atoms with Gasteiger partial charge in [0, 0.05) is 13.0 Å². The molecular formula is C12H19N3O. The molecule has 4 nitrogen and oxygen atoms in total. The van der Waals surface area contributed by atoms with Crippen LogP contribution in [0.15, 0.2) is 35.5 Å². The summed E-state index contributed by atoms with van der Waals surface area (Å²) in [5, 5.41) is 11.3. The van der Waals surface area contributed by atoms with E-state index in [0.29, 0.717) is 12.3 Å². The zero-order valence-corrected chi connectivity index (χ0v) is 9.63. The minimum atomic E-state index is 0.299. The third-order valence-electron chi connectivity index (χ3n) is 2.40. The van der Waals surface area contributed by atoms with Crippen molar-refractivity contribution in [2.45, 2.75) is 19.4 Å². The minimum Gasteiger partial charge on any atom is -0.409 e. The van der Waals surface area contributed by atoms with E-state index in [1.807, 2.05) is 18.2 Å². The quantitative estimate of drug-likeness (QED) is 0.332. The maximum atomic E-state index is 8.38. The molecule has 0 unspecified atom stereocenters. The Kier molecular flexibility index (Phi) is 5.36. The van der Waals surface area contributed by atoms with E-state index < -0.39 is 0 Å². The topological polar surface area (TPSA) is 61.8 Å². The van der Waals surface area contributed by atoms with Crippen molar-refractivity contribution in [3.8, 4) is 0 Å². The maximum Gasteiger partial charge on any atom is 0.139 e. The van der Waals surface area contributed by atoms with Gasteiger partial charge in [-0.1, -0.05) is 35.5 Å². The van der Waals surface area contributed by atoms with E-state index in [1.54, 1.807) is 0 Å². The third kappa shape index (κ3) is 4.79. The molecule has 1 aromatic rings. The van der Waals surface area contributed by atoms with E-state index >= 15 is 0 Å². The molecule has 0 saturated heterocycles. The zero-order chi connectivity index (χ0) is 11.8. The second kappa shape index (κ2) is 6.85. The Morgan fingerprint density at radius 1 is 1.38 bits per heavy atom. The Morgan fingerprint density at radius 3 is 2.69 bits per heavy atom. The van der Waals surface area contributed by atoms with Gasteiger partial charge in [-0.2, -0.15) is 0 Å². The minimum absolute atomic E-state index is 0.299. The first-order valence-electron chi connectivity index (χ1n) is 5.41. The molecule has 4 heteroatoms. The van der Waals surface area contributed by atoms with Crippen LogP contribution in [0.2, 0.25) is 0 Å². The number of amidine groups is 1. The summed E-state index contributed by atoms with van der Waals surface area (Å²) < 4.78 is 0. The van der Waals surface area contributed by atoms with E-state index in [2.05, 4.69) is 29.2 Å². The van der Waals surface area contributed by atoms with Crippen molar-refractivity contribution in [1.82, 2.24) is 4.90 Å². The van der Waals surface area contributed by atoms with Gasteiger partial charge in [0.05, 0.1) is 0 Å². The molecule has 0 aliphatic rings. The lowest BCUT2D eigenvalue weighted by molar-refractivity contribution is 0.311. The molecule has 0 amide bonds. The first kappa shape index (κ1) is 12.5. The summed E-state index contributed by atoms with van der Waals surface area (Å²) >= 11 is 0. The molecule has 0 heterocycles. The summed E-state index contributed by atoms with van der Waals surface area (Å²) in [6.45, 7) is 1.86. The molecule has 3 N–H and O–H groups in total. The fraction of sp³-hybridized carbons (Fsp3) is 0.417. The van der Waals surface area contributed by atoms with Gasteiger partial charge in [-0.25, -0.2) is 0 Å². The Hall–Kier alpha value is -1.55. The van der Waals surface area contributed by atoms with Crippen molar-refractivity contribution in [2.24, 2.45) is 10.9 Å². The highest BCUT2D eigenvalue weighted by Gasteiger charge is 2.00. The summed E-state index contributed by atoms with van der Waals surface area (Å²) in [6, 6.07) is 10.3. The van der Waals surface area contributed by atoms with Crippen LogP contribution in [-0.2, 0) is 6.54 Å². The van der Waals surface area contributed by atoms with Crippen LogP contribution in [0.4, 0.5) is 0 Å². The number of benzene rings is 1. The number of nitrogens with two attached hydrogens (primary N) is 1. The van der Waals surface area contributed by atoms with Crippen molar-refractivity contribution in [2.75, 3.05) is 13.6 Å². The average molecular weight is 221 g/mol. The fourth-order valence-electron chi connectivity index (χ4n) is 1.55. The van der Waals surface area contributed by atoms with Crippen molar-refractivity contribution >= 4 is 5.84 Å². The smallest absolute Gasteiger partial charge is 0.139 e. The largest absolute Gasteiger partial charge is 0.409 e. The van der Waals surface area contributed by atoms with Gasteiger partial charge in [-0.3, -0.25) is 0 Å². The Morgan fingerprint density at radius 2 is 2.06 bits per heavy atom. The summed E-state index contributed by atoms with van der Waals surface area (Å²) in [4.78, 5) is 2.22. The first-order chi connectivity index (χ1) is 7.72. The number of oxime groups is 1. The van der Waals surface area contributed by atoms with Gasteiger partial charge in [-0.15, -0.1) is 0 Å². The van der Waals surface area contributed by atoms with Crippen LogP contribution in [0.25, 0.3) is 0 Å². The van der Waals surface area contributed by atoms with Crippen LogP contribution in [-0.4, -0.2) is 29.5 Å². The molecule has 1 aromatic carbocycles. The van der Waals surface area contributed by atoms with Crippen LogP contribution >= 0.6 is 0 Å². The van der Waals surface area contributed by atoms with Crippen LogP contribution in [0, 0.1) is 0 Å². The Bertz CT molecular complexity index is 324. The molecule has 0 radical (unpaired) electrons. The van der Waals surface area contributed by atoms with Gasteiger partial charge in [0.2, 0.25) is 0 Å². The summed E-state index contributed by atoms with van der Waals surface area (Å²) in [5.74, 6) is 0.299. The van der Waals surface area contributed by atoms with E-state index in [-0.39, 0.29) is 0 Å². The van der Waals surface area contributed by atoms with Crippen LogP contribution < -0.4 is 5.73 Å². The van der Waals surface area contributed by atoms with Crippen molar-refractivity contribution < 1.29 is 5.21 Å². The highest BCUT2D eigenvalue weighted by molar-refractivity contribution is 5.79. The molecule has 0 fully saturated rings. The summed E-state index contributed by atoms with van der Waals surface area (Å²) in [6.07, 6.45) is 1.54. The SMILES string of the molecule is CN(CCC/C(N)=N/O)Cc1ccccc1. The fourth-order valence-corrected chi connectivity index (χ4v) is 1.55. The molecule has 1 rings (SSSR count). The highest BCUT2D eigenvalue weighted by Crippen LogP contribution is 2.03. The van der Waals surface area contributed by atoms with E-state index in [0.717, 1.165) is 19.5 Å². The van der Waals surface area contributed by atoms with Crippen molar-refractivity contribution in [3.63, 3.8) is 0 Å². The number of rotatable bonds is 6. The standard InChI is InChI=1S/C12H19N3O/c1-15(9-5-8-12(13)14-16)10-11-6-3-2-4-7-11/h2-4,6-7,16H,5,8-10H2,1H3,(H2,13,14). The molecule has 0 aliphatic heterocycles. The van der Waals surface area contributed by atoms with Crippen LogP contribution in [0.5, 0.6) is 0 Å². The van der Waals surface area contributed by atoms with Gasteiger partial charge in [0.1, 0.15) is 5.84 Å². The van der Waals surface area contributed by atoms with Gasteiger partial charge >= 0.3 is 0 Å². The van der Waals surface area contributed by atoms with Gasteiger partial charge < -0.3 is 15.8 Å². The number of hydrogen-bond donors (Lipinski definition) is 2. The van der Waals surface area contributed by atoms with E-state index in [4.69, 9.17) is 10.9 Å². The molecular weight excluding hydrogens is 202 g/mol. The molecule has 0 aliphatic carbocycles. The monoisotopic (exact) mass is 221 g/mol. The van der Waals surface area contributed by atoms with Crippen LogP contribution in [0.1, 0.15) is 18.4 Å². The Labute approximate surface area is 96.4 Å². The van der Waals surface area contributed by atoms with Gasteiger partial charge in [-0.05, 0) is 25.6 Å². The zero-order valence-electron chi connectivity index (χ0n) is 9.63. The molecule has 0 atom stereocenters. The highest BCUT2D eigenvalue weighted by atomic mass is 16.4. The first-order valence-corrected chi connectivity index (χ1v) is 5.41. The van der Waals surface area contributed by atoms with Crippen LogP contribution in [0.3, 0.4) is 0 Å². The van der Waals surface area contributed by atoms with E-state index in [1.165, 1.54) is 5.56 Å². The van der Waals surface area contributed by atoms with E-state index in [9.17, 15) is 0 Å². The van der Waals surface area contributed by atoms with Gasteiger partial charge in [0.25, 0.3) is 0 Å². The normalized spacial score (nSPS) is 12.0. The average Bonchev–Trinajstić information content (AvgIpc) is 2.30. The van der Waals surface area contributed by atoms with Crippen molar-refractivity contribution in [1.29, 1.82) is 0 Å². The maximum absolute atomic E-state index is 8.38. The second-order valence-corrected chi connectivity index (χ2v) is 3.92. The lowest BCUT2D eigenvalue weighted by atomic mass is 10.2. The summed E-state index contributed by atoms with van der Waals surface area (Å²) in [5.41, 5.74) is 6.69. The summed E-state index contributed by atoms with van der Waals surface area (Å²) in [7, 11) is 2.07. The number of nitrogens with zero attached hydrogens (tertiary/aromatic N) is 2. The molecule has 88 valence electrons. The van der Waals surface area contributed by atoms with Gasteiger partial charge in [0.15, 0.2) is 0 Å². The second-order valence-electron chi connectivity index (χ2n) is 3.92. The lowest BCUT2D eigenvalue weighted by Crippen LogP contribution is -2.21. The molecule has 0 bridgehead atoms. The predicted molar refractivity (Wildman–Crippen MR) is 65.4 cm³/mol. The third-order valence-corrected chi connectivity index (χ3v) is 2.40. The lowest BCUT2D eigenvalue weighted by Gasteiger charge is -2.16. The number of hydrogen-bond acceptors (Lipinski definition) is 3. The molecule has 0 spiro atoms. The van der Waals surface area contributed by atoms with Crippen molar-refractivity contribution in [3.05, 3.63) is 35.9 Å². The Balaban J connectivity index is 2.24. The molecule has 0 saturated carbocycles. The molecule has 16 heavy (non-hydrogen) atoms. The predicted octanol–water partition coefficient (Wildman–Crippen LogP) is 1.64. The molecule has 0 aromatic heterocycles.